The maximum atomic E-state index is 14.0. The zero-order valence-electron chi connectivity index (χ0n) is 19.8. The van der Waals surface area contributed by atoms with Crippen molar-refractivity contribution in [2.75, 3.05) is 13.4 Å². The Morgan fingerprint density at radius 1 is 1.13 bits per heavy atom. The van der Waals surface area contributed by atoms with E-state index in [0.29, 0.717) is 28.0 Å². The van der Waals surface area contributed by atoms with E-state index in [2.05, 4.69) is 11.4 Å². The van der Waals surface area contributed by atoms with Crippen molar-refractivity contribution in [1.82, 2.24) is 9.88 Å². The van der Waals surface area contributed by atoms with Crippen LogP contribution in [0.3, 0.4) is 0 Å². The number of carboxylic acids is 1. The number of carbonyl (C=O) groups is 2. The number of carbonyl (C=O) groups excluding carboxylic acids is 1. The van der Waals surface area contributed by atoms with E-state index in [1.54, 1.807) is 60.7 Å². The Kier molecular flexibility index (Phi) is 6.49. The molecule has 2 N–H and O–H groups in total. The van der Waals surface area contributed by atoms with Gasteiger partial charge in [-0.3, -0.25) is 19.0 Å². The monoisotopic (exact) mass is 513 g/mol. The second-order valence-electron chi connectivity index (χ2n) is 8.49. The molecule has 0 aliphatic carbocycles. The van der Waals surface area contributed by atoms with Gasteiger partial charge in [0.2, 0.25) is 6.86 Å². The Bertz CT molecular complexity index is 1660. The van der Waals surface area contributed by atoms with E-state index in [-0.39, 0.29) is 28.8 Å². The molecule has 190 valence electrons. The highest BCUT2D eigenvalue weighted by molar-refractivity contribution is 6.12. The first-order valence-electron chi connectivity index (χ1n) is 11.6. The number of amides is 1. The maximum Gasteiger partial charge on any atom is 0.322 e. The summed E-state index contributed by atoms with van der Waals surface area (Å²) in [6.45, 7) is -1.85. The lowest BCUT2D eigenvalue weighted by Gasteiger charge is -2.30. The van der Waals surface area contributed by atoms with Crippen LogP contribution in [-0.2, 0) is 11.3 Å². The predicted octanol–water partition coefficient (Wildman–Crippen LogP) is 3.79. The van der Waals surface area contributed by atoms with Crippen LogP contribution in [0, 0.1) is 11.3 Å². The van der Waals surface area contributed by atoms with Crippen LogP contribution in [-0.4, -0.2) is 35.0 Å². The van der Waals surface area contributed by atoms with Crippen LogP contribution < -0.4 is 20.3 Å². The summed E-state index contributed by atoms with van der Waals surface area (Å²) >= 11 is 0. The van der Waals surface area contributed by atoms with Crippen LogP contribution in [0.5, 0.6) is 11.5 Å². The number of pyridine rings is 1. The molecule has 2 heterocycles. The number of nitriles is 1. The van der Waals surface area contributed by atoms with Crippen LogP contribution in [0.1, 0.15) is 27.6 Å². The lowest BCUT2D eigenvalue weighted by molar-refractivity contribution is -0.135. The number of rotatable bonds is 7. The van der Waals surface area contributed by atoms with E-state index in [1.807, 2.05) is 0 Å². The van der Waals surface area contributed by atoms with Crippen molar-refractivity contribution in [2.24, 2.45) is 0 Å². The number of halogens is 1. The number of nitrogens with zero attached hydrogens (tertiary/aromatic N) is 2. The third-order valence-electron chi connectivity index (χ3n) is 6.26. The van der Waals surface area contributed by atoms with Gasteiger partial charge in [-0.1, -0.05) is 42.5 Å². The number of ether oxygens (including phenoxy) is 2. The smallest absolute Gasteiger partial charge is 0.322 e. The summed E-state index contributed by atoms with van der Waals surface area (Å²) in [5.74, 6) is -1.76. The summed E-state index contributed by atoms with van der Waals surface area (Å²) < 4.78 is 26.3. The van der Waals surface area contributed by atoms with E-state index < -0.39 is 36.9 Å². The fraction of sp³-hybridized carbons (Fsp3) is 0.143. The normalized spacial score (nSPS) is 13.8. The van der Waals surface area contributed by atoms with Crippen LogP contribution in [0.25, 0.3) is 22.0 Å². The molecule has 9 nitrogen and oxygen atoms in total. The Balaban J connectivity index is 1.80. The minimum atomic E-state index is -1.28. The second kappa shape index (κ2) is 10.1. The first-order valence-corrected chi connectivity index (χ1v) is 11.6. The van der Waals surface area contributed by atoms with Crippen molar-refractivity contribution >= 4 is 22.8 Å². The van der Waals surface area contributed by atoms with Crippen molar-refractivity contribution in [3.05, 3.63) is 93.8 Å². The van der Waals surface area contributed by atoms with Gasteiger partial charge in [0.1, 0.15) is 29.7 Å². The second-order valence-corrected chi connectivity index (χ2v) is 8.49. The lowest BCUT2D eigenvalue weighted by atomic mass is 9.93. The van der Waals surface area contributed by atoms with Gasteiger partial charge in [-0.2, -0.15) is 5.26 Å². The van der Waals surface area contributed by atoms with Gasteiger partial charge in [0, 0.05) is 5.56 Å². The molecule has 1 aliphatic heterocycles. The predicted molar refractivity (Wildman–Crippen MR) is 135 cm³/mol. The van der Waals surface area contributed by atoms with Gasteiger partial charge in [-0.25, -0.2) is 4.39 Å². The van der Waals surface area contributed by atoms with E-state index >= 15 is 0 Å². The van der Waals surface area contributed by atoms with Gasteiger partial charge in [-0.15, -0.1) is 0 Å². The molecule has 0 saturated heterocycles. The lowest BCUT2D eigenvalue weighted by Crippen LogP contribution is -2.38. The zero-order chi connectivity index (χ0) is 26.8. The SMILES string of the molecule is N#Cc1ccc(C2Cn3c(=O)c(C(=O)NCC(=O)O)c(-c4ccccc4)c4c(OCF)ccc(c43)O2)cc1. The van der Waals surface area contributed by atoms with Crippen molar-refractivity contribution in [3.8, 4) is 28.7 Å². The molecular formula is C28H20FN3O6. The molecule has 1 atom stereocenters. The van der Waals surface area contributed by atoms with Gasteiger partial charge in [0.25, 0.3) is 11.5 Å². The number of hydrogen-bond acceptors (Lipinski definition) is 6. The van der Waals surface area contributed by atoms with E-state index in [1.165, 1.54) is 10.6 Å². The fourth-order valence-corrected chi connectivity index (χ4v) is 4.63. The third kappa shape index (κ3) is 4.30. The van der Waals surface area contributed by atoms with Gasteiger partial charge >= 0.3 is 5.97 Å². The maximum absolute atomic E-state index is 14.0. The van der Waals surface area contributed by atoms with E-state index in [4.69, 9.17) is 19.8 Å². The molecule has 0 bridgehead atoms. The molecule has 3 aromatic carbocycles. The standard InChI is InChI=1S/C28H20FN3O6/c29-15-37-19-10-11-20-26-24(19)23(18-4-2-1-3-5-18)25(27(35)31-13-22(33)34)28(36)32(26)14-21(38-20)17-8-6-16(12-30)7-9-17/h1-11,21H,13-15H2,(H,31,35)(H,33,34). The number of benzene rings is 3. The van der Waals surface area contributed by atoms with E-state index in [9.17, 15) is 18.8 Å². The first kappa shape index (κ1) is 24.5. The van der Waals surface area contributed by atoms with Crippen molar-refractivity contribution in [3.63, 3.8) is 0 Å². The van der Waals surface area contributed by atoms with Crippen molar-refractivity contribution in [1.29, 1.82) is 5.26 Å². The largest absolute Gasteiger partial charge is 0.482 e. The van der Waals surface area contributed by atoms with Crippen LogP contribution >= 0.6 is 0 Å². The number of nitrogens with one attached hydrogen (secondary N) is 1. The molecule has 38 heavy (non-hydrogen) atoms. The van der Waals surface area contributed by atoms with Crippen LogP contribution in [0.2, 0.25) is 0 Å². The third-order valence-corrected chi connectivity index (χ3v) is 6.26. The minimum absolute atomic E-state index is 0.00158. The quantitative estimate of drug-likeness (QED) is 0.384. The summed E-state index contributed by atoms with van der Waals surface area (Å²) in [4.78, 5) is 38.4. The molecule has 1 unspecified atom stereocenters. The average Bonchev–Trinajstić information content (AvgIpc) is 2.94. The topological polar surface area (TPSA) is 131 Å². The van der Waals surface area contributed by atoms with Crippen molar-refractivity contribution < 1.29 is 28.6 Å². The zero-order valence-corrected chi connectivity index (χ0v) is 19.8. The summed E-state index contributed by atoms with van der Waals surface area (Å²) in [5.41, 5.74) is 1.17. The molecular weight excluding hydrogens is 493 g/mol. The molecule has 5 rings (SSSR count). The number of alkyl halides is 1. The molecule has 1 aliphatic rings. The van der Waals surface area contributed by atoms with Crippen LogP contribution in [0.15, 0.2) is 71.5 Å². The molecule has 0 saturated carbocycles. The number of aliphatic carboxylic acids is 1. The van der Waals surface area contributed by atoms with E-state index in [0.717, 1.165) is 0 Å². The Labute approximate surface area is 215 Å². The molecule has 0 radical (unpaired) electrons. The number of carboxylic acid groups (broad SMARTS) is 1. The number of aromatic nitrogens is 1. The molecule has 0 fully saturated rings. The fourth-order valence-electron chi connectivity index (χ4n) is 4.63. The summed E-state index contributed by atoms with van der Waals surface area (Å²) in [6, 6.07) is 20.4. The first-order chi connectivity index (χ1) is 18.4. The highest BCUT2D eigenvalue weighted by Crippen LogP contribution is 2.44. The van der Waals surface area contributed by atoms with Gasteiger partial charge < -0.3 is 19.9 Å². The Morgan fingerprint density at radius 3 is 2.53 bits per heavy atom. The van der Waals surface area contributed by atoms with Gasteiger partial charge in [0.15, 0.2) is 0 Å². The highest BCUT2D eigenvalue weighted by Gasteiger charge is 2.32. The minimum Gasteiger partial charge on any atom is -0.482 e. The summed E-state index contributed by atoms with van der Waals surface area (Å²) in [5, 5.41) is 20.8. The Hall–Kier alpha value is -5.17. The van der Waals surface area contributed by atoms with Gasteiger partial charge in [0.05, 0.1) is 29.1 Å². The molecule has 0 spiro atoms. The van der Waals surface area contributed by atoms with Crippen LogP contribution in [0.4, 0.5) is 4.39 Å². The van der Waals surface area contributed by atoms with Gasteiger partial charge in [-0.05, 0) is 35.4 Å². The summed E-state index contributed by atoms with van der Waals surface area (Å²) in [6.07, 6.45) is -0.637. The molecule has 1 amide bonds. The molecule has 1 aromatic heterocycles. The Morgan fingerprint density at radius 2 is 1.87 bits per heavy atom. The number of hydrogen-bond donors (Lipinski definition) is 2. The molecule has 10 heteroatoms. The van der Waals surface area contributed by atoms with Crippen molar-refractivity contribution in [2.45, 2.75) is 12.6 Å². The average molecular weight is 513 g/mol. The molecule has 4 aromatic rings. The summed E-state index contributed by atoms with van der Waals surface area (Å²) in [7, 11) is 0. The highest BCUT2D eigenvalue weighted by atomic mass is 19.1.